The second-order valence-corrected chi connectivity index (χ2v) is 7.96. The zero-order valence-corrected chi connectivity index (χ0v) is 17.5. The molecule has 152 valence electrons. The molecule has 4 rings (SSSR count). The molecule has 1 aromatic heterocycles. The minimum atomic E-state index is -0.301. The van der Waals surface area contributed by atoms with Gasteiger partial charge < -0.3 is 19.3 Å². The van der Waals surface area contributed by atoms with Crippen molar-refractivity contribution in [1.82, 2.24) is 14.8 Å². The van der Waals surface area contributed by atoms with E-state index in [4.69, 9.17) is 9.47 Å². The van der Waals surface area contributed by atoms with E-state index >= 15 is 0 Å². The predicted octanol–water partition coefficient (Wildman–Crippen LogP) is 3.35. The van der Waals surface area contributed by atoms with E-state index in [1.807, 2.05) is 30.3 Å². The van der Waals surface area contributed by atoms with E-state index in [1.165, 1.54) is 0 Å². The van der Waals surface area contributed by atoms with Crippen LogP contribution < -0.4 is 4.74 Å². The predicted molar refractivity (Wildman–Crippen MR) is 110 cm³/mol. The number of nitrogens with zero attached hydrogens (tertiary/aromatic N) is 3. The Labute approximate surface area is 177 Å². The third kappa shape index (κ3) is 4.70. The molecule has 1 unspecified atom stereocenters. The lowest BCUT2D eigenvalue weighted by Gasteiger charge is -2.35. The molecular formula is C21H22BrN3O4. The van der Waals surface area contributed by atoms with Crippen LogP contribution in [0.25, 0.3) is 0 Å². The van der Waals surface area contributed by atoms with Crippen LogP contribution in [0.1, 0.15) is 23.3 Å². The molecule has 0 bridgehead atoms. The molecule has 3 heterocycles. The topological polar surface area (TPSA) is 72.0 Å². The summed E-state index contributed by atoms with van der Waals surface area (Å²) in [6, 6.07) is 14.9. The number of para-hydroxylation sites is 1. The van der Waals surface area contributed by atoms with Crippen molar-refractivity contribution in [2.24, 2.45) is 0 Å². The van der Waals surface area contributed by atoms with Crippen LogP contribution in [0, 0.1) is 0 Å². The smallest absolute Gasteiger partial charge is 0.410 e. The average Bonchev–Trinajstić information content (AvgIpc) is 3.13. The van der Waals surface area contributed by atoms with Gasteiger partial charge in [-0.15, -0.1) is 0 Å². The number of piperidine rings is 1. The fraction of sp³-hybridized carbons (Fsp3) is 0.381. The highest BCUT2D eigenvalue weighted by Gasteiger charge is 2.38. The highest BCUT2D eigenvalue weighted by molar-refractivity contribution is 9.10. The van der Waals surface area contributed by atoms with Gasteiger partial charge in [0.05, 0.1) is 6.54 Å². The number of benzene rings is 1. The number of aromatic nitrogens is 1. The van der Waals surface area contributed by atoms with Crippen molar-refractivity contribution >= 4 is 27.9 Å². The summed E-state index contributed by atoms with van der Waals surface area (Å²) >= 11 is 3.30. The Morgan fingerprint density at radius 2 is 1.90 bits per heavy atom. The summed E-state index contributed by atoms with van der Waals surface area (Å²) in [4.78, 5) is 32.8. The third-order valence-electron chi connectivity index (χ3n) is 5.21. The number of amides is 2. The lowest BCUT2D eigenvalue weighted by molar-refractivity contribution is 0.0652. The van der Waals surface area contributed by atoms with Crippen LogP contribution in [0.2, 0.25) is 0 Å². The molecule has 7 nitrogen and oxygen atoms in total. The molecule has 1 atom stereocenters. The number of cyclic esters (lactones) is 1. The van der Waals surface area contributed by atoms with Crippen molar-refractivity contribution in [3.8, 4) is 5.75 Å². The molecule has 2 amide bonds. The van der Waals surface area contributed by atoms with E-state index in [-0.39, 0.29) is 24.1 Å². The summed E-state index contributed by atoms with van der Waals surface area (Å²) in [6.45, 7) is 2.02. The minimum absolute atomic E-state index is 0.0729. The van der Waals surface area contributed by atoms with Gasteiger partial charge in [0, 0.05) is 19.1 Å². The standard InChI is InChI=1S/C21H22BrN3O4/c22-19-8-4-7-18(23-19)20(26)24-11-9-15(10-12-24)25-13-17(29-21(25)27)14-28-16-5-2-1-3-6-16/h1-8,15,17H,9-14H2. The number of pyridine rings is 1. The Bertz CT molecular complexity index is 871. The van der Waals surface area contributed by atoms with Crippen molar-refractivity contribution in [2.75, 3.05) is 26.2 Å². The van der Waals surface area contributed by atoms with Gasteiger partial charge in [0.25, 0.3) is 5.91 Å². The first-order valence-corrected chi connectivity index (χ1v) is 10.5. The van der Waals surface area contributed by atoms with Crippen LogP contribution in [0.15, 0.2) is 53.1 Å². The molecule has 2 saturated heterocycles. The van der Waals surface area contributed by atoms with Gasteiger partial charge in [-0.05, 0) is 53.0 Å². The third-order valence-corrected chi connectivity index (χ3v) is 5.65. The Morgan fingerprint density at radius 3 is 2.62 bits per heavy atom. The van der Waals surface area contributed by atoms with Gasteiger partial charge in [-0.3, -0.25) is 4.79 Å². The van der Waals surface area contributed by atoms with Crippen LogP contribution in [0.5, 0.6) is 5.75 Å². The molecule has 29 heavy (non-hydrogen) atoms. The molecule has 0 spiro atoms. The van der Waals surface area contributed by atoms with E-state index in [0.717, 1.165) is 18.6 Å². The van der Waals surface area contributed by atoms with Gasteiger partial charge in [-0.2, -0.15) is 0 Å². The molecule has 2 aliphatic heterocycles. The van der Waals surface area contributed by atoms with Gasteiger partial charge in [0.1, 0.15) is 22.7 Å². The van der Waals surface area contributed by atoms with Crippen molar-refractivity contribution in [1.29, 1.82) is 0 Å². The number of carbonyl (C=O) groups excluding carboxylic acids is 2. The van der Waals surface area contributed by atoms with Crippen LogP contribution in [0.3, 0.4) is 0 Å². The Kier molecular flexibility index (Phi) is 5.99. The molecule has 1 aromatic carbocycles. The number of carbonyl (C=O) groups is 2. The second-order valence-electron chi connectivity index (χ2n) is 7.15. The fourth-order valence-corrected chi connectivity index (χ4v) is 4.05. The molecular weight excluding hydrogens is 438 g/mol. The monoisotopic (exact) mass is 459 g/mol. The first-order chi connectivity index (χ1) is 14.1. The molecule has 0 radical (unpaired) electrons. The molecule has 8 heteroatoms. The second kappa shape index (κ2) is 8.82. The van der Waals surface area contributed by atoms with E-state index in [0.29, 0.717) is 36.5 Å². The Hall–Kier alpha value is -2.61. The maximum absolute atomic E-state index is 12.6. The minimum Gasteiger partial charge on any atom is -0.490 e. The summed E-state index contributed by atoms with van der Waals surface area (Å²) in [5.74, 6) is 0.679. The van der Waals surface area contributed by atoms with Crippen LogP contribution in [0.4, 0.5) is 4.79 Å². The first-order valence-electron chi connectivity index (χ1n) is 9.67. The molecule has 0 aliphatic carbocycles. The normalized spacial score (nSPS) is 19.9. The summed E-state index contributed by atoms with van der Waals surface area (Å²) in [6.07, 6.45) is 0.862. The average molecular weight is 460 g/mol. The van der Waals surface area contributed by atoms with Gasteiger partial charge in [0.15, 0.2) is 6.10 Å². The SMILES string of the molecule is O=C(c1cccc(Br)n1)N1CCC(N2CC(COc3ccccc3)OC2=O)CC1. The van der Waals surface area contributed by atoms with Crippen molar-refractivity contribution in [2.45, 2.75) is 25.0 Å². The Balaban J connectivity index is 1.28. The van der Waals surface area contributed by atoms with E-state index < -0.39 is 0 Å². The van der Waals surface area contributed by atoms with Gasteiger partial charge in [-0.1, -0.05) is 24.3 Å². The summed E-state index contributed by atoms with van der Waals surface area (Å²) in [5, 5.41) is 0. The molecule has 2 fully saturated rings. The largest absolute Gasteiger partial charge is 0.490 e. The highest BCUT2D eigenvalue weighted by Crippen LogP contribution is 2.24. The quantitative estimate of drug-likeness (QED) is 0.641. The number of hydrogen-bond donors (Lipinski definition) is 0. The number of rotatable bonds is 5. The molecule has 0 saturated carbocycles. The van der Waals surface area contributed by atoms with Crippen LogP contribution >= 0.6 is 15.9 Å². The van der Waals surface area contributed by atoms with E-state index in [2.05, 4.69) is 20.9 Å². The lowest BCUT2D eigenvalue weighted by atomic mass is 10.0. The van der Waals surface area contributed by atoms with Crippen molar-refractivity contribution in [3.05, 3.63) is 58.8 Å². The molecule has 0 N–H and O–H groups in total. The number of likely N-dealkylation sites (tertiary alicyclic amines) is 1. The van der Waals surface area contributed by atoms with Gasteiger partial charge >= 0.3 is 6.09 Å². The number of halogens is 1. The van der Waals surface area contributed by atoms with Crippen LogP contribution in [-0.4, -0.2) is 65.2 Å². The zero-order valence-electron chi connectivity index (χ0n) is 15.9. The maximum atomic E-state index is 12.6. The molecule has 2 aromatic rings. The summed E-state index contributed by atoms with van der Waals surface area (Å²) in [7, 11) is 0. The van der Waals surface area contributed by atoms with E-state index in [9.17, 15) is 9.59 Å². The van der Waals surface area contributed by atoms with E-state index in [1.54, 1.807) is 28.0 Å². The summed E-state index contributed by atoms with van der Waals surface area (Å²) in [5.41, 5.74) is 0.427. The lowest BCUT2D eigenvalue weighted by Crippen LogP contribution is -2.47. The Morgan fingerprint density at radius 1 is 1.14 bits per heavy atom. The van der Waals surface area contributed by atoms with Crippen LogP contribution in [-0.2, 0) is 4.74 Å². The van der Waals surface area contributed by atoms with Gasteiger partial charge in [0.2, 0.25) is 0 Å². The number of hydrogen-bond acceptors (Lipinski definition) is 5. The highest BCUT2D eigenvalue weighted by atomic mass is 79.9. The number of ether oxygens (including phenoxy) is 2. The summed E-state index contributed by atoms with van der Waals surface area (Å²) < 4.78 is 11.8. The molecule has 2 aliphatic rings. The maximum Gasteiger partial charge on any atom is 0.410 e. The van der Waals surface area contributed by atoms with Gasteiger partial charge in [-0.25, -0.2) is 9.78 Å². The first kappa shape index (κ1) is 19.7. The van der Waals surface area contributed by atoms with Crippen molar-refractivity contribution in [3.63, 3.8) is 0 Å². The fourth-order valence-electron chi connectivity index (χ4n) is 3.70. The van der Waals surface area contributed by atoms with Crippen molar-refractivity contribution < 1.29 is 19.1 Å². The zero-order chi connectivity index (χ0) is 20.2.